The van der Waals surface area contributed by atoms with Crippen molar-refractivity contribution >= 4 is 5.91 Å². The molecule has 0 radical (unpaired) electrons. The van der Waals surface area contributed by atoms with Gasteiger partial charge in [-0.05, 0) is 30.3 Å². The molecule has 0 spiro atoms. The number of nitrogens with zero attached hydrogens (tertiary/aromatic N) is 3. The number of rotatable bonds is 8. The van der Waals surface area contributed by atoms with E-state index < -0.39 is 6.04 Å². The molecule has 1 N–H and O–H groups in total. The zero-order chi connectivity index (χ0) is 22.5. The molecule has 0 saturated heterocycles. The first kappa shape index (κ1) is 21.3. The van der Waals surface area contributed by atoms with Gasteiger partial charge in [0.25, 0.3) is 0 Å². The third-order valence-electron chi connectivity index (χ3n) is 5.12. The van der Waals surface area contributed by atoms with Crippen LogP contribution in [0.1, 0.15) is 29.7 Å². The zero-order valence-corrected chi connectivity index (χ0v) is 17.8. The first-order chi connectivity index (χ1) is 15.5. The standard InChI is InChI=1S/C24H23FN4O3/c1-29-14-13-26-24(29)23(18-5-3-4-6-19(18)31-2)28-21(30)11-12-22-27-15-20(32-22)16-7-9-17(25)10-8-16/h3-10,13-15,23H,11-12H2,1-2H3,(H,28,30). The smallest absolute Gasteiger partial charge is 0.221 e. The molecular formula is C24H23FN4O3. The summed E-state index contributed by atoms with van der Waals surface area (Å²) in [6.45, 7) is 0. The number of ether oxygens (including phenoxy) is 1. The summed E-state index contributed by atoms with van der Waals surface area (Å²) in [5.74, 6) is 1.83. The Hall–Kier alpha value is -3.94. The van der Waals surface area contributed by atoms with Crippen molar-refractivity contribution in [2.75, 3.05) is 7.11 Å². The number of hydrogen-bond acceptors (Lipinski definition) is 5. The molecule has 1 atom stereocenters. The Morgan fingerprint density at radius 1 is 1.19 bits per heavy atom. The van der Waals surface area contributed by atoms with Crippen LogP contribution in [0.4, 0.5) is 4.39 Å². The van der Waals surface area contributed by atoms with Crippen LogP contribution in [0.3, 0.4) is 0 Å². The maximum atomic E-state index is 13.1. The molecule has 1 unspecified atom stereocenters. The number of hydrogen-bond donors (Lipinski definition) is 1. The van der Waals surface area contributed by atoms with E-state index in [1.54, 1.807) is 31.6 Å². The highest BCUT2D eigenvalue weighted by molar-refractivity contribution is 5.77. The van der Waals surface area contributed by atoms with E-state index in [4.69, 9.17) is 9.15 Å². The molecule has 2 aromatic carbocycles. The third kappa shape index (κ3) is 4.69. The molecular weight excluding hydrogens is 411 g/mol. The van der Waals surface area contributed by atoms with E-state index in [0.717, 1.165) is 11.1 Å². The lowest BCUT2D eigenvalue weighted by Gasteiger charge is -2.21. The number of imidazole rings is 1. The molecule has 1 amide bonds. The maximum absolute atomic E-state index is 13.1. The van der Waals surface area contributed by atoms with E-state index in [9.17, 15) is 9.18 Å². The van der Waals surface area contributed by atoms with Crippen LogP contribution in [0.2, 0.25) is 0 Å². The Balaban J connectivity index is 1.46. The highest BCUT2D eigenvalue weighted by atomic mass is 19.1. The average Bonchev–Trinajstić information content (AvgIpc) is 3.46. The molecule has 8 heteroatoms. The number of carbonyl (C=O) groups is 1. The first-order valence-corrected chi connectivity index (χ1v) is 10.2. The van der Waals surface area contributed by atoms with Gasteiger partial charge in [0, 0.05) is 43.4 Å². The Labute approximate surface area is 184 Å². The van der Waals surface area contributed by atoms with E-state index in [2.05, 4.69) is 15.3 Å². The molecule has 0 aliphatic carbocycles. The summed E-state index contributed by atoms with van der Waals surface area (Å²) in [6, 6.07) is 13.0. The van der Waals surface area contributed by atoms with Crippen LogP contribution < -0.4 is 10.1 Å². The molecule has 164 valence electrons. The first-order valence-electron chi connectivity index (χ1n) is 10.2. The van der Waals surface area contributed by atoms with E-state index in [0.29, 0.717) is 29.6 Å². The Morgan fingerprint density at radius 3 is 2.69 bits per heavy atom. The minimum atomic E-state index is -0.474. The van der Waals surface area contributed by atoms with Gasteiger partial charge in [0.05, 0.1) is 13.3 Å². The molecule has 2 heterocycles. The fourth-order valence-corrected chi connectivity index (χ4v) is 3.47. The van der Waals surface area contributed by atoms with Crippen molar-refractivity contribution in [1.29, 1.82) is 0 Å². The van der Waals surface area contributed by atoms with Crippen LogP contribution in [0.5, 0.6) is 5.75 Å². The van der Waals surface area contributed by atoms with Gasteiger partial charge in [-0.3, -0.25) is 4.79 Å². The minimum Gasteiger partial charge on any atom is -0.496 e. The van der Waals surface area contributed by atoms with Crippen molar-refractivity contribution in [3.05, 3.63) is 90.2 Å². The van der Waals surface area contributed by atoms with Crippen LogP contribution in [-0.4, -0.2) is 27.6 Å². The average molecular weight is 434 g/mol. The molecule has 4 aromatic rings. The monoisotopic (exact) mass is 434 g/mol. The molecule has 7 nitrogen and oxygen atoms in total. The van der Waals surface area contributed by atoms with Crippen molar-refractivity contribution in [3.63, 3.8) is 0 Å². The number of para-hydroxylation sites is 1. The Bertz CT molecular complexity index is 1200. The fourth-order valence-electron chi connectivity index (χ4n) is 3.47. The van der Waals surface area contributed by atoms with Gasteiger partial charge >= 0.3 is 0 Å². The highest BCUT2D eigenvalue weighted by Gasteiger charge is 2.24. The largest absolute Gasteiger partial charge is 0.496 e. The van der Waals surface area contributed by atoms with Crippen LogP contribution in [0.15, 0.2) is 71.5 Å². The number of methoxy groups -OCH3 is 1. The van der Waals surface area contributed by atoms with Gasteiger partial charge in [-0.15, -0.1) is 0 Å². The van der Waals surface area contributed by atoms with Gasteiger partial charge < -0.3 is 19.0 Å². The van der Waals surface area contributed by atoms with E-state index >= 15 is 0 Å². The van der Waals surface area contributed by atoms with Gasteiger partial charge in [-0.2, -0.15) is 0 Å². The second kappa shape index (κ2) is 9.47. The highest BCUT2D eigenvalue weighted by Crippen LogP contribution is 2.29. The van der Waals surface area contributed by atoms with Gasteiger partial charge in [0.1, 0.15) is 23.4 Å². The van der Waals surface area contributed by atoms with Crippen LogP contribution in [0, 0.1) is 5.82 Å². The Kier molecular flexibility index (Phi) is 6.30. The molecule has 4 rings (SSSR count). The summed E-state index contributed by atoms with van der Waals surface area (Å²) in [4.78, 5) is 21.5. The summed E-state index contributed by atoms with van der Waals surface area (Å²) < 4.78 is 26.2. The quantitative estimate of drug-likeness (QED) is 0.452. The summed E-state index contributed by atoms with van der Waals surface area (Å²) in [6.07, 6.45) is 5.60. The zero-order valence-electron chi connectivity index (χ0n) is 17.8. The molecule has 0 fully saturated rings. The van der Waals surface area contributed by atoms with Gasteiger partial charge in [-0.25, -0.2) is 14.4 Å². The van der Waals surface area contributed by atoms with Crippen molar-refractivity contribution < 1.29 is 18.3 Å². The lowest BCUT2D eigenvalue weighted by molar-refractivity contribution is -0.121. The number of carbonyl (C=O) groups excluding carboxylic acids is 1. The molecule has 0 bridgehead atoms. The van der Waals surface area contributed by atoms with Gasteiger partial charge in [-0.1, -0.05) is 18.2 Å². The minimum absolute atomic E-state index is 0.176. The van der Waals surface area contributed by atoms with Crippen LogP contribution in [-0.2, 0) is 18.3 Å². The van der Waals surface area contributed by atoms with E-state index in [1.165, 1.54) is 12.1 Å². The Morgan fingerprint density at radius 2 is 1.97 bits per heavy atom. The second-order valence-electron chi connectivity index (χ2n) is 7.26. The van der Waals surface area contributed by atoms with Crippen molar-refractivity contribution in [1.82, 2.24) is 19.9 Å². The third-order valence-corrected chi connectivity index (χ3v) is 5.12. The number of nitrogens with one attached hydrogen (secondary N) is 1. The maximum Gasteiger partial charge on any atom is 0.221 e. The van der Waals surface area contributed by atoms with E-state index in [-0.39, 0.29) is 18.1 Å². The number of halogens is 1. The predicted molar refractivity (Wildman–Crippen MR) is 116 cm³/mol. The SMILES string of the molecule is COc1ccccc1C(NC(=O)CCc1ncc(-c2ccc(F)cc2)o1)c1nccn1C. The summed E-state index contributed by atoms with van der Waals surface area (Å²) in [5.41, 5.74) is 1.54. The summed E-state index contributed by atoms with van der Waals surface area (Å²) in [7, 11) is 3.47. The topological polar surface area (TPSA) is 82.2 Å². The number of benzene rings is 2. The molecule has 2 aromatic heterocycles. The number of aromatic nitrogens is 3. The summed E-state index contributed by atoms with van der Waals surface area (Å²) in [5, 5.41) is 3.05. The van der Waals surface area contributed by atoms with Crippen LogP contribution in [0.25, 0.3) is 11.3 Å². The number of aryl methyl sites for hydroxylation is 2. The number of amides is 1. The van der Waals surface area contributed by atoms with Crippen LogP contribution >= 0.6 is 0 Å². The van der Waals surface area contributed by atoms with E-state index in [1.807, 2.05) is 42.1 Å². The molecule has 32 heavy (non-hydrogen) atoms. The fraction of sp³-hybridized carbons (Fsp3) is 0.208. The second-order valence-corrected chi connectivity index (χ2v) is 7.26. The number of oxazole rings is 1. The van der Waals surface area contributed by atoms with Gasteiger partial charge in [0.15, 0.2) is 11.7 Å². The van der Waals surface area contributed by atoms with Crippen molar-refractivity contribution in [3.8, 4) is 17.1 Å². The molecule has 0 aliphatic rings. The van der Waals surface area contributed by atoms with Gasteiger partial charge in [0.2, 0.25) is 5.91 Å². The normalized spacial score (nSPS) is 11.8. The lowest BCUT2D eigenvalue weighted by Crippen LogP contribution is -2.31. The molecule has 0 aliphatic heterocycles. The lowest BCUT2D eigenvalue weighted by atomic mass is 10.0. The van der Waals surface area contributed by atoms with Crippen molar-refractivity contribution in [2.45, 2.75) is 18.9 Å². The predicted octanol–water partition coefficient (Wildman–Crippen LogP) is 4.06. The van der Waals surface area contributed by atoms with Crippen molar-refractivity contribution in [2.24, 2.45) is 7.05 Å². The molecule has 0 saturated carbocycles. The summed E-state index contributed by atoms with van der Waals surface area (Å²) >= 11 is 0.